The molecule has 1 aromatic carbocycles. The molecule has 0 atom stereocenters. The van der Waals surface area contributed by atoms with Gasteiger partial charge in [0.2, 0.25) is 0 Å². The lowest BCUT2D eigenvalue weighted by atomic mass is 9.86. The Morgan fingerprint density at radius 3 is 2.36 bits per heavy atom. The minimum atomic E-state index is -0.787. The summed E-state index contributed by atoms with van der Waals surface area (Å²) in [5, 5.41) is 9.44. The van der Waals surface area contributed by atoms with Crippen LogP contribution in [0.4, 0.5) is 0 Å². The summed E-state index contributed by atoms with van der Waals surface area (Å²) < 4.78 is 0. The number of hydrogen-bond acceptors (Lipinski definition) is 3. The van der Waals surface area contributed by atoms with Gasteiger partial charge in [-0.15, -0.1) is 10.1 Å². The first-order valence-corrected chi connectivity index (χ1v) is 4.33. The molecule has 1 rings (SSSR count). The van der Waals surface area contributed by atoms with Crippen LogP contribution >= 0.6 is 0 Å². The minimum absolute atomic E-state index is 0.160. The molecule has 0 radical (unpaired) electrons. The molecule has 0 saturated carbocycles. The quantitative estimate of drug-likeness (QED) is 0.538. The third kappa shape index (κ3) is 2.45. The summed E-state index contributed by atoms with van der Waals surface area (Å²) in [4.78, 5) is 14.7. The van der Waals surface area contributed by atoms with Crippen molar-refractivity contribution in [3.8, 4) is 5.75 Å². The highest BCUT2D eigenvalue weighted by molar-refractivity contribution is 5.37. The summed E-state index contributed by atoms with van der Waals surface area (Å²) in [7, 11) is 0. The van der Waals surface area contributed by atoms with Crippen molar-refractivity contribution in [1.82, 2.24) is 0 Å². The lowest BCUT2D eigenvalue weighted by molar-refractivity contribution is -0.711. The van der Waals surface area contributed by atoms with Crippen LogP contribution in [-0.4, -0.2) is 5.09 Å². The van der Waals surface area contributed by atoms with Crippen LogP contribution in [0.5, 0.6) is 5.75 Å². The second kappa shape index (κ2) is 3.65. The molecule has 4 nitrogen and oxygen atoms in total. The zero-order valence-corrected chi connectivity index (χ0v) is 8.48. The molecule has 0 aromatic heterocycles. The molecule has 76 valence electrons. The van der Waals surface area contributed by atoms with E-state index in [1.54, 1.807) is 12.1 Å². The zero-order chi connectivity index (χ0) is 10.8. The molecule has 1 aromatic rings. The molecule has 0 saturated heterocycles. The fraction of sp³-hybridized carbons (Fsp3) is 0.400. The van der Waals surface area contributed by atoms with E-state index < -0.39 is 5.09 Å². The average Bonchev–Trinajstić information content (AvgIpc) is 2.01. The Morgan fingerprint density at radius 2 is 1.86 bits per heavy atom. The topological polar surface area (TPSA) is 52.4 Å². The molecule has 4 heteroatoms. The summed E-state index contributed by atoms with van der Waals surface area (Å²) in [6, 6.07) is 6.99. The second-order valence-electron chi connectivity index (χ2n) is 4.06. The normalized spacial score (nSPS) is 11.1. The third-order valence-corrected chi connectivity index (χ3v) is 1.87. The van der Waals surface area contributed by atoms with Gasteiger partial charge in [-0.1, -0.05) is 39.0 Å². The van der Waals surface area contributed by atoms with Crippen LogP contribution < -0.4 is 4.84 Å². The fourth-order valence-electron chi connectivity index (χ4n) is 1.25. The average molecular weight is 195 g/mol. The lowest BCUT2D eigenvalue weighted by Crippen LogP contribution is -2.15. The van der Waals surface area contributed by atoms with Crippen molar-refractivity contribution in [2.45, 2.75) is 26.2 Å². The summed E-state index contributed by atoms with van der Waals surface area (Å²) >= 11 is 0. The van der Waals surface area contributed by atoms with Gasteiger partial charge in [0.05, 0.1) is 0 Å². The molecular weight excluding hydrogens is 182 g/mol. The van der Waals surface area contributed by atoms with Crippen LogP contribution in [0.25, 0.3) is 0 Å². The Bertz CT molecular complexity index is 341. The monoisotopic (exact) mass is 195 g/mol. The Balaban J connectivity index is 3.10. The van der Waals surface area contributed by atoms with E-state index in [-0.39, 0.29) is 5.41 Å². The third-order valence-electron chi connectivity index (χ3n) is 1.87. The van der Waals surface area contributed by atoms with E-state index in [2.05, 4.69) is 4.84 Å². The van der Waals surface area contributed by atoms with Gasteiger partial charge in [-0.2, -0.15) is 0 Å². The largest absolute Gasteiger partial charge is 0.299 e. The molecule has 0 N–H and O–H groups in total. The molecular formula is C10H13NO3. The highest BCUT2D eigenvalue weighted by Crippen LogP contribution is 2.30. The van der Waals surface area contributed by atoms with Gasteiger partial charge in [0.1, 0.15) is 5.75 Å². The fourth-order valence-corrected chi connectivity index (χ4v) is 1.25. The van der Waals surface area contributed by atoms with E-state index in [1.165, 1.54) is 0 Å². The summed E-state index contributed by atoms with van der Waals surface area (Å²) in [6.07, 6.45) is 0. The van der Waals surface area contributed by atoms with Crippen LogP contribution in [0.3, 0.4) is 0 Å². The molecule has 0 fully saturated rings. The van der Waals surface area contributed by atoms with E-state index >= 15 is 0 Å². The van der Waals surface area contributed by atoms with E-state index in [9.17, 15) is 10.1 Å². The van der Waals surface area contributed by atoms with E-state index in [0.717, 1.165) is 5.56 Å². The molecule has 0 aliphatic carbocycles. The second-order valence-corrected chi connectivity index (χ2v) is 4.06. The van der Waals surface area contributed by atoms with Crippen molar-refractivity contribution in [2.75, 3.05) is 0 Å². The highest BCUT2D eigenvalue weighted by Gasteiger charge is 2.18. The van der Waals surface area contributed by atoms with Crippen LogP contribution in [0.2, 0.25) is 0 Å². The predicted octanol–water partition coefficient (Wildman–Crippen LogP) is 2.55. The molecule has 0 unspecified atom stereocenters. The maximum absolute atomic E-state index is 10.2. The van der Waals surface area contributed by atoms with Crippen molar-refractivity contribution >= 4 is 0 Å². The zero-order valence-electron chi connectivity index (χ0n) is 8.48. The Kier molecular flexibility index (Phi) is 2.74. The lowest BCUT2D eigenvalue weighted by Gasteiger charge is -2.21. The molecule has 0 bridgehead atoms. The number of nitrogens with zero attached hydrogens (tertiary/aromatic N) is 1. The van der Waals surface area contributed by atoms with Gasteiger partial charge in [-0.25, -0.2) is 0 Å². The van der Waals surface area contributed by atoms with Crippen LogP contribution in [0, 0.1) is 10.1 Å². The van der Waals surface area contributed by atoms with Crippen molar-refractivity contribution in [1.29, 1.82) is 0 Å². The van der Waals surface area contributed by atoms with Crippen molar-refractivity contribution < 1.29 is 9.92 Å². The molecule has 0 aliphatic heterocycles. The summed E-state index contributed by atoms with van der Waals surface area (Å²) in [5.41, 5.74) is 0.670. The standard InChI is InChI=1S/C10H13NO3/c1-10(2,3)8-6-4-5-7-9(8)14-11(12)13/h4-7H,1-3H3. The summed E-state index contributed by atoms with van der Waals surface area (Å²) in [6.45, 7) is 5.94. The number of para-hydroxylation sites is 1. The number of rotatable bonds is 2. The van der Waals surface area contributed by atoms with E-state index in [0.29, 0.717) is 5.75 Å². The van der Waals surface area contributed by atoms with Gasteiger partial charge < -0.3 is 0 Å². The molecule has 14 heavy (non-hydrogen) atoms. The van der Waals surface area contributed by atoms with Crippen molar-refractivity contribution in [3.63, 3.8) is 0 Å². The van der Waals surface area contributed by atoms with Crippen LogP contribution in [-0.2, 0) is 5.41 Å². The Hall–Kier alpha value is -1.58. The number of hydrogen-bond donors (Lipinski definition) is 0. The molecule has 0 heterocycles. The van der Waals surface area contributed by atoms with E-state index in [4.69, 9.17) is 0 Å². The molecule has 0 aliphatic rings. The Morgan fingerprint density at radius 1 is 1.29 bits per heavy atom. The minimum Gasteiger partial charge on any atom is -0.276 e. The van der Waals surface area contributed by atoms with Gasteiger partial charge in [0.25, 0.3) is 5.09 Å². The van der Waals surface area contributed by atoms with Crippen LogP contribution in [0.15, 0.2) is 24.3 Å². The maximum Gasteiger partial charge on any atom is 0.299 e. The SMILES string of the molecule is CC(C)(C)c1ccccc1O[N+](=O)[O-]. The van der Waals surface area contributed by atoms with Gasteiger partial charge >= 0.3 is 0 Å². The van der Waals surface area contributed by atoms with Gasteiger partial charge in [0.15, 0.2) is 0 Å². The van der Waals surface area contributed by atoms with Gasteiger partial charge in [-0.3, -0.25) is 4.84 Å². The number of benzene rings is 1. The molecule has 0 amide bonds. The maximum atomic E-state index is 10.2. The van der Waals surface area contributed by atoms with Gasteiger partial charge in [0, 0.05) is 0 Å². The molecule has 0 spiro atoms. The first-order chi connectivity index (χ1) is 6.41. The summed E-state index contributed by atoms with van der Waals surface area (Å²) in [5.74, 6) is 0.310. The first-order valence-electron chi connectivity index (χ1n) is 4.33. The highest BCUT2D eigenvalue weighted by atomic mass is 17.0. The smallest absolute Gasteiger partial charge is 0.276 e. The van der Waals surface area contributed by atoms with Crippen molar-refractivity contribution in [2.24, 2.45) is 0 Å². The first kappa shape index (κ1) is 10.5. The van der Waals surface area contributed by atoms with Crippen LogP contribution in [0.1, 0.15) is 26.3 Å². The predicted molar refractivity (Wildman–Crippen MR) is 52.8 cm³/mol. The van der Waals surface area contributed by atoms with Crippen molar-refractivity contribution in [3.05, 3.63) is 39.9 Å². The van der Waals surface area contributed by atoms with E-state index in [1.807, 2.05) is 32.9 Å². The van der Waals surface area contributed by atoms with Gasteiger partial charge in [-0.05, 0) is 17.0 Å². The Labute approximate surface area is 82.6 Å².